The fourth-order valence-corrected chi connectivity index (χ4v) is 0.757. The van der Waals surface area contributed by atoms with E-state index in [0.717, 1.165) is 0 Å². The van der Waals surface area contributed by atoms with Crippen molar-refractivity contribution < 1.29 is 19.8 Å². The van der Waals surface area contributed by atoms with Crippen LogP contribution < -0.4 is 0 Å². The quantitative estimate of drug-likeness (QED) is 0.451. The number of halogens is 1. The number of hydrogen-bond acceptors (Lipinski definition) is 2. The van der Waals surface area contributed by atoms with Crippen LogP contribution >= 0.6 is 22.6 Å². The Bertz CT molecular complexity index is 238. The first-order chi connectivity index (χ1) is 5.57. The third-order valence-corrected chi connectivity index (χ3v) is 1.40. The molecule has 0 rings (SSSR count). The van der Waals surface area contributed by atoms with E-state index in [9.17, 15) is 9.59 Å². The molecule has 0 aromatic heterocycles. The Morgan fingerprint density at radius 3 is 2.33 bits per heavy atom. The molecule has 0 aromatic rings. The summed E-state index contributed by atoms with van der Waals surface area (Å²) in [6, 6.07) is 0. The van der Waals surface area contributed by atoms with Crippen molar-refractivity contribution >= 4 is 34.5 Å². The zero-order valence-electron chi connectivity index (χ0n) is 6.08. The highest BCUT2D eigenvalue weighted by molar-refractivity contribution is 14.1. The summed E-state index contributed by atoms with van der Waals surface area (Å²) < 4.78 is 0.501. The normalized spacial score (nSPS) is 11.1. The summed E-state index contributed by atoms with van der Waals surface area (Å²) in [7, 11) is 0. The molecule has 0 aliphatic rings. The van der Waals surface area contributed by atoms with Crippen LogP contribution in [0.2, 0.25) is 0 Å². The molecule has 5 heteroatoms. The van der Waals surface area contributed by atoms with Gasteiger partial charge in [-0.2, -0.15) is 0 Å². The molecule has 0 saturated heterocycles. The highest BCUT2D eigenvalue weighted by Gasteiger charge is 2.17. The van der Waals surface area contributed by atoms with Gasteiger partial charge in [0, 0.05) is 0 Å². The molecule has 0 radical (unpaired) electrons. The van der Waals surface area contributed by atoms with Crippen molar-refractivity contribution in [1.82, 2.24) is 0 Å². The van der Waals surface area contributed by atoms with E-state index in [1.54, 1.807) is 0 Å². The summed E-state index contributed by atoms with van der Waals surface area (Å²) in [5, 5.41) is 16.8. The van der Waals surface area contributed by atoms with E-state index < -0.39 is 24.3 Å². The van der Waals surface area contributed by atoms with Crippen LogP contribution in [-0.4, -0.2) is 26.6 Å². The standard InChI is InChI=1S/C7H7IO4/c8-3-1-2-5(7(11)12)4-6(9)10/h5H,3-4H2,(H,9,10)(H,11,12). The number of hydrogen-bond donors (Lipinski definition) is 2. The van der Waals surface area contributed by atoms with Gasteiger partial charge in [-0.25, -0.2) is 0 Å². The molecule has 0 aliphatic heterocycles. The first-order valence-electron chi connectivity index (χ1n) is 3.07. The molecule has 1 atom stereocenters. The first-order valence-corrected chi connectivity index (χ1v) is 4.59. The third-order valence-electron chi connectivity index (χ3n) is 1.02. The average Bonchev–Trinajstić information content (AvgIpc) is 1.96. The van der Waals surface area contributed by atoms with Crippen LogP contribution in [0.5, 0.6) is 0 Å². The molecule has 4 nitrogen and oxygen atoms in total. The molecule has 0 saturated carbocycles. The van der Waals surface area contributed by atoms with Gasteiger partial charge in [0.15, 0.2) is 0 Å². The monoisotopic (exact) mass is 282 g/mol. The van der Waals surface area contributed by atoms with Gasteiger partial charge in [-0.1, -0.05) is 34.4 Å². The number of carbonyl (C=O) groups is 2. The fraction of sp³-hybridized carbons (Fsp3) is 0.429. The van der Waals surface area contributed by atoms with Gasteiger partial charge in [0.05, 0.1) is 10.8 Å². The van der Waals surface area contributed by atoms with Gasteiger partial charge >= 0.3 is 11.9 Å². The Morgan fingerprint density at radius 1 is 1.42 bits per heavy atom. The summed E-state index contributed by atoms with van der Waals surface area (Å²) in [4.78, 5) is 20.5. The van der Waals surface area contributed by atoms with Gasteiger partial charge < -0.3 is 10.2 Å². The Balaban J connectivity index is 4.24. The molecule has 0 heterocycles. The van der Waals surface area contributed by atoms with E-state index in [2.05, 4.69) is 11.8 Å². The van der Waals surface area contributed by atoms with Gasteiger partial charge in [-0.3, -0.25) is 9.59 Å². The lowest BCUT2D eigenvalue weighted by Gasteiger charge is -1.99. The predicted molar refractivity (Wildman–Crippen MR) is 50.0 cm³/mol. The lowest BCUT2D eigenvalue weighted by atomic mass is 10.1. The summed E-state index contributed by atoms with van der Waals surface area (Å²) in [6.45, 7) is 0. The maximum Gasteiger partial charge on any atom is 0.319 e. The maximum atomic E-state index is 10.4. The SMILES string of the molecule is O=C(O)CC(C#CCI)C(=O)O. The van der Waals surface area contributed by atoms with Crippen molar-refractivity contribution in [2.75, 3.05) is 4.43 Å². The van der Waals surface area contributed by atoms with Crippen molar-refractivity contribution in [3.8, 4) is 11.8 Å². The van der Waals surface area contributed by atoms with Crippen molar-refractivity contribution in [3.63, 3.8) is 0 Å². The van der Waals surface area contributed by atoms with Gasteiger partial charge in [-0.15, -0.1) is 0 Å². The Kier molecular flexibility index (Phi) is 5.45. The topological polar surface area (TPSA) is 74.6 Å². The summed E-state index contributed by atoms with van der Waals surface area (Å²) in [5.41, 5.74) is 0. The minimum absolute atomic E-state index is 0.445. The molecular formula is C7H7IO4. The van der Waals surface area contributed by atoms with Crippen molar-refractivity contribution in [2.24, 2.45) is 5.92 Å². The van der Waals surface area contributed by atoms with E-state index in [0.29, 0.717) is 4.43 Å². The van der Waals surface area contributed by atoms with Gasteiger partial charge in [0.2, 0.25) is 0 Å². The highest BCUT2D eigenvalue weighted by Crippen LogP contribution is 2.01. The number of carboxylic acids is 2. The Hall–Kier alpha value is -0.770. The van der Waals surface area contributed by atoms with E-state index in [1.165, 1.54) is 0 Å². The van der Waals surface area contributed by atoms with E-state index >= 15 is 0 Å². The largest absolute Gasteiger partial charge is 0.481 e. The molecule has 12 heavy (non-hydrogen) atoms. The first kappa shape index (κ1) is 11.2. The maximum absolute atomic E-state index is 10.4. The van der Waals surface area contributed by atoms with Crippen molar-refractivity contribution in [2.45, 2.75) is 6.42 Å². The number of aliphatic carboxylic acids is 2. The molecule has 1 unspecified atom stereocenters. The zero-order valence-corrected chi connectivity index (χ0v) is 8.24. The molecule has 0 fully saturated rings. The van der Waals surface area contributed by atoms with Crippen LogP contribution in [0.1, 0.15) is 6.42 Å². The minimum atomic E-state index is -1.19. The Morgan fingerprint density at radius 2 is 2.00 bits per heavy atom. The molecule has 2 N–H and O–H groups in total. The average molecular weight is 282 g/mol. The van der Waals surface area contributed by atoms with Crippen LogP contribution in [0.4, 0.5) is 0 Å². The second kappa shape index (κ2) is 5.83. The molecule has 0 aliphatic carbocycles. The third kappa shape index (κ3) is 4.96. The molecule has 66 valence electrons. The van der Waals surface area contributed by atoms with Crippen LogP contribution in [0.25, 0.3) is 0 Å². The lowest BCUT2D eigenvalue weighted by molar-refractivity contribution is -0.146. The summed E-state index contributed by atoms with van der Waals surface area (Å²) >= 11 is 1.96. The predicted octanol–water partition coefficient (Wildman–Crippen LogP) is 0.600. The highest BCUT2D eigenvalue weighted by atomic mass is 127. The second-order valence-electron chi connectivity index (χ2n) is 1.94. The molecule has 0 amide bonds. The number of alkyl halides is 1. The Labute approximate surface area is 83.1 Å². The van der Waals surface area contributed by atoms with Gasteiger partial charge in [0.25, 0.3) is 0 Å². The molecular weight excluding hydrogens is 275 g/mol. The fourth-order valence-electron chi connectivity index (χ4n) is 0.536. The molecule has 0 bridgehead atoms. The van der Waals surface area contributed by atoms with E-state index in [1.807, 2.05) is 22.6 Å². The second-order valence-corrected chi connectivity index (χ2v) is 2.71. The zero-order chi connectivity index (χ0) is 9.56. The van der Waals surface area contributed by atoms with Gasteiger partial charge in [-0.05, 0) is 0 Å². The van der Waals surface area contributed by atoms with Crippen LogP contribution in [-0.2, 0) is 9.59 Å². The van der Waals surface area contributed by atoms with Crippen molar-refractivity contribution in [1.29, 1.82) is 0 Å². The smallest absolute Gasteiger partial charge is 0.319 e. The van der Waals surface area contributed by atoms with Crippen LogP contribution in [0, 0.1) is 17.8 Å². The summed E-state index contributed by atoms with van der Waals surface area (Å²) in [6.07, 6.45) is -0.445. The lowest BCUT2D eigenvalue weighted by Crippen LogP contribution is -2.15. The van der Waals surface area contributed by atoms with Gasteiger partial charge in [0.1, 0.15) is 5.92 Å². The summed E-state index contributed by atoms with van der Waals surface area (Å²) in [5.74, 6) is 1.47. The van der Waals surface area contributed by atoms with Crippen LogP contribution in [0.3, 0.4) is 0 Å². The van der Waals surface area contributed by atoms with E-state index in [4.69, 9.17) is 10.2 Å². The number of rotatable bonds is 3. The molecule has 0 aromatic carbocycles. The molecule has 0 spiro atoms. The van der Waals surface area contributed by atoms with E-state index in [-0.39, 0.29) is 0 Å². The minimum Gasteiger partial charge on any atom is -0.481 e. The van der Waals surface area contributed by atoms with Crippen molar-refractivity contribution in [3.05, 3.63) is 0 Å². The van der Waals surface area contributed by atoms with Crippen LogP contribution in [0.15, 0.2) is 0 Å². The number of carboxylic acid groups (broad SMARTS) is 2.